The van der Waals surface area contributed by atoms with Crippen LogP contribution in [0.25, 0.3) is 10.9 Å². The molecule has 27 heavy (non-hydrogen) atoms. The van der Waals surface area contributed by atoms with Crippen molar-refractivity contribution in [3.63, 3.8) is 0 Å². The van der Waals surface area contributed by atoms with Crippen LogP contribution in [0, 0.1) is 17.7 Å². The van der Waals surface area contributed by atoms with Crippen molar-refractivity contribution in [2.24, 2.45) is 0 Å². The predicted molar refractivity (Wildman–Crippen MR) is 102 cm³/mol. The molecule has 0 aliphatic carbocycles. The summed E-state index contributed by atoms with van der Waals surface area (Å²) in [5, 5.41) is 1.02. The fourth-order valence-electron chi connectivity index (χ4n) is 2.41. The van der Waals surface area contributed by atoms with Gasteiger partial charge < -0.3 is 4.74 Å². The first-order valence-electron chi connectivity index (χ1n) is 8.17. The van der Waals surface area contributed by atoms with E-state index in [1.807, 2.05) is 30.3 Å². The Bertz CT molecular complexity index is 1100. The molecule has 1 heterocycles. The molecule has 3 rings (SSSR count). The number of ether oxygens (including phenoxy) is 1. The molecule has 0 unspecified atom stereocenters. The van der Waals surface area contributed by atoms with E-state index in [2.05, 4.69) is 21.5 Å². The van der Waals surface area contributed by atoms with E-state index < -0.39 is 15.8 Å². The van der Waals surface area contributed by atoms with Gasteiger partial charge in [-0.25, -0.2) is 17.5 Å². The highest BCUT2D eigenvalue weighted by atomic mass is 32.2. The van der Waals surface area contributed by atoms with Crippen LogP contribution in [0.2, 0.25) is 0 Å². The van der Waals surface area contributed by atoms with Gasteiger partial charge in [-0.05, 0) is 35.9 Å². The van der Waals surface area contributed by atoms with E-state index in [1.54, 1.807) is 12.3 Å². The minimum Gasteiger partial charge on any atom is -0.481 e. The number of hydrogen-bond donors (Lipinski definition) is 1. The van der Waals surface area contributed by atoms with Crippen LogP contribution in [0.4, 0.5) is 4.39 Å². The average molecular weight is 384 g/mol. The standard InChI is InChI=1S/C20H17FN2O3S/c21-18-7-3-5-16(13-18)15-27(24,25)23-11-1-2-12-26-19-9-8-17-6-4-10-22-20(17)14-19/h3-10,13-14,23H,11-12,15H2. The number of aromatic nitrogens is 1. The molecule has 0 spiro atoms. The number of hydrogen-bond acceptors (Lipinski definition) is 4. The molecule has 1 N–H and O–H groups in total. The largest absolute Gasteiger partial charge is 0.481 e. The van der Waals surface area contributed by atoms with Gasteiger partial charge >= 0.3 is 0 Å². The minimum atomic E-state index is -3.58. The quantitative estimate of drug-likeness (QED) is 0.664. The maximum Gasteiger partial charge on any atom is 0.216 e. The molecular weight excluding hydrogens is 367 g/mol. The van der Waals surface area contributed by atoms with Crippen LogP contribution in [0.3, 0.4) is 0 Å². The molecule has 0 amide bonds. The van der Waals surface area contributed by atoms with Gasteiger partial charge in [0.2, 0.25) is 10.0 Å². The molecule has 0 aliphatic heterocycles. The maximum absolute atomic E-state index is 13.1. The lowest BCUT2D eigenvalue weighted by molar-refractivity contribution is 0.370. The highest BCUT2D eigenvalue weighted by Crippen LogP contribution is 2.18. The SMILES string of the molecule is O=S(=O)(Cc1cccc(F)c1)NCC#CCOc1ccc2cccnc2c1. The Morgan fingerprint density at radius 2 is 1.96 bits per heavy atom. The van der Waals surface area contributed by atoms with Gasteiger partial charge in [-0.3, -0.25) is 4.98 Å². The first kappa shape index (κ1) is 18.8. The van der Waals surface area contributed by atoms with Crippen molar-refractivity contribution in [1.82, 2.24) is 9.71 Å². The van der Waals surface area contributed by atoms with E-state index >= 15 is 0 Å². The molecule has 0 radical (unpaired) electrons. The molecule has 0 fully saturated rings. The van der Waals surface area contributed by atoms with Crippen molar-refractivity contribution in [1.29, 1.82) is 0 Å². The number of benzene rings is 2. The van der Waals surface area contributed by atoms with Gasteiger partial charge in [-0.15, -0.1) is 0 Å². The van der Waals surface area contributed by atoms with E-state index in [4.69, 9.17) is 4.74 Å². The van der Waals surface area contributed by atoms with E-state index in [1.165, 1.54) is 18.2 Å². The smallest absolute Gasteiger partial charge is 0.216 e. The van der Waals surface area contributed by atoms with Crippen LogP contribution < -0.4 is 9.46 Å². The minimum absolute atomic E-state index is 0.0414. The van der Waals surface area contributed by atoms with Crippen molar-refractivity contribution in [2.45, 2.75) is 5.75 Å². The second kappa shape index (κ2) is 8.62. The lowest BCUT2D eigenvalue weighted by atomic mass is 10.2. The summed E-state index contributed by atoms with van der Waals surface area (Å²) in [4.78, 5) is 4.25. The molecule has 0 saturated heterocycles. The van der Waals surface area contributed by atoms with E-state index in [0.29, 0.717) is 11.3 Å². The second-order valence-corrected chi connectivity index (χ2v) is 7.52. The molecule has 0 saturated carbocycles. The summed E-state index contributed by atoms with van der Waals surface area (Å²) in [5.41, 5.74) is 1.21. The van der Waals surface area contributed by atoms with Gasteiger partial charge in [0.05, 0.1) is 17.8 Å². The van der Waals surface area contributed by atoms with E-state index in [9.17, 15) is 12.8 Å². The predicted octanol–water partition coefficient (Wildman–Crippen LogP) is 2.88. The van der Waals surface area contributed by atoms with Crippen molar-refractivity contribution in [3.05, 3.63) is 72.2 Å². The summed E-state index contributed by atoms with van der Waals surface area (Å²) < 4.78 is 44.9. The molecule has 3 aromatic rings. The second-order valence-electron chi connectivity index (χ2n) is 5.71. The van der Waals surface area contributed by atoms with Crippen LogP contribution in [0.5, 0.6) is 5.75 Å². The van der Waals surface area contributed by atoms with Crippen molar-refractivity contribution in [2.75, 3.05) is 13.2 Å². The van der Waals surface area contributed by atoms with Crippen LogP contribution in [-0.4, -0.2) is 26.6 Å². The summed E-state index contributed by atoms with van der Waals surface area (Å²) in [7, 11) is -3.58. The summed E-state index contributed by atoms with van der Waals surface area (Å²) in [6.07, 6.45) is 1.71. The van der Waals surface area contributed by atoms with E-state index in [0.717, 1.165) is 10.9 Å². The van der Waals surface area contributed by atoms with Crippen LogP contribution >= 0.6 is 0 Å². The summed E-state index contributed by atoms with van der Waals surface area (Å²) in [5.74, 6) is 5.31. The first-order valence-corrected chi connectivity index (χ1v) is 9.82. The lowest BCUT2D eigenvalue weighted by Gasteiger charge is -2.04. The molecule has 0 atom stereocenters. The number of nitrogens with one attached hydrogen (secondary N) is 1. The Labute approximate surface area is 157 Å². The molecule has 0 aliphatic rings. The summed E-state index contributed by atoms with van der Waals surface area (Å²) >= 11 is 0. The Kier molecular flexibility index (Phi) is 6.01. The van der Waals surface area contributed by atoms with Gasteiger partial charge in [-0.2, -0.15) is 0 Å². The first-order chi connectivity index (χ1) is 13.0. The summed E-state index contributed by atoms with van der Waals surface area (Å²) in [6.45, 7) is 0.0875. The highest BCUT2D eigenvalue weighted by Gasteiger charge is 2.10. The number of fused-ring (bicyclic) bond motifs is 1. The van der Waals surface area contributed by atoms with Crippen molar-refractivity contribution in [3.8, 4) is 17.6 Å². The molecular formula is C20H17FN2O3S. The normalized spacial score (nSPS) is 11.0. The van der Waals surface area contributed by atoms with Crippen LogP contribution in [-0.2, 0) is 15.8 Å². The monoisotopic (exact) mass is 384 g/mol. The van der Waals surface area contributed by atoms with Gasteiger partial charge in [0.1, 0.15) is 18.2 Å². The Morgan fingerprint density at radius 3 is 2.81 bits per heavy atom. The Balaban J connectivity index is 1.47. The fourth-order valence-corrected chi connectivity index (χ4v) is 3.42. The van der Waals surface area contributed by atoms with E-state index in [-0.39, 0.29) is 18.9 Å². The van der Waals surface area contributed by atoms with Crippen LogP contribution in [0.15, 0.2) is 60.8 Å². The third kappa shape index (κ3) is 5.78. The number of halogens is 1. The number of sulfonamides is 1. The van der Waals surface area contributed by atoms with Gasteiger partial charge in [-0.1, -0.05) is 30.0 Å². The number of pyridine rings is 1. The molecule has 2 aromatic carbocycles. The fraction of sp³-hybridized carbons (Fsp3) is 0.150. The molecule has 1 aromatic heterocycles. The Hall–Kier alpha value is -2.95. The van der Waals surface area contributed by atoms with Gasteiger partial charge in [0.25, 0.3) is 0 Å². The molecule has 138 valence electrons. The number of nitrogens with zero attached hydrogens (tertiary/aromatic N) is 1. The molecule has 0 bridgehead atoms. The zero-order valence-corrected chi connectivity index (χ0v) is 15.2. The molecule has 7 heteroatoms. The highest BCUT2D eigenvalue weighted by molar-refractivity contribution is 7.88. The topological polar surface area (TPSA) is 68.3 Å². The third-order valence-corrected chi connectivity index (χ3v) is 4.94. The molecule has 5 nitrogen and oxygen atoms in total. The maximum atomic E-state index is 13.1. The zero-order chi connectivity index (χ0) is 19.1. The van der Waals surface area contributed by atoms with Gasteiger partial charge in [0, 0.05) is 17.6 Å². The Morgan fingerprint density at radius 1 is 1.07 bits per heavy atom. The zero-order valence-electron chi connectivity index (χ0n) is 14.4. The third-order valence-electron chi connectivity index (χ3n) is 3.64. The van der Waals surface area contributed by atoms with Crippen molar-refractivity contribution >= 4 is 20.9 Å². The number of rotatable bonds is 6. The lowest BCUT2D eigenvalue weighted by Crippen LogP contribution is -2.25. The van der Waals surface area contributed by atoms with Crippen molar-refractivity contribution < 1.29 is 17.5 Å². The summed E-state index contributed by atoms with van der Waals surface area (Å²) in [6, 6.07) is 14.9. The average Bonchev–Trinajstić information content (AvgIpc) is 2.64. The van der Waals surface area contributed by atoms with Gasteiger partial charge in [0.15, 0.2) is 0 Å². The van der Waals surface area contributed by atoms with Crippen LogP contribution in [0.1, 0.15) is 5.56 Å².